The molecule has 0 radical (unpaired) electrons. The average Bonchev–Trinajstić information content (AvgIpc) is 2.74. The summed E-state index contributed by atoms with van der Waals surface area (Å²) < 4.78 is 0. The SMILES string of the molecule is CC(=O)C(C(=O)O)c1cc2c(c([N+](=O)[O-])c1)NCC2. The summed E-state index contributed by atoms with van der Waals surface area (Å²) in [5.74, 6) is -3.20. The van der Waals surface area contributed by atoms with Gasteiger partial charge in [0.05, 0.1) is 4.92 Å². The minimum Gasteiger partial charge on any atom is -0.480 e. The number of aliphatic carboxylic acids is 1. The number of carboxylic acid groups (broad SMARTS) is 1. The van der Waals surface area contributed by atoms with Crippen molar-refractivity contribution in [3.05, 3.63) is 33.4 Å². The first-order valence-electron chi connectivity index (χ1n) is 5.70. The van der Waals surface area contributed by atoms with E-state index in [1.54, 1.807) is 6.07 Å². The van der Waals surface area contributed by atoms with Crippen LogP contribution in [0.25, 0.3) is 0 Å². The highest BCUT2D eigenvalue weighted by Gasteiger charge is 2.30. The number of hydrogen-bond donors (Lipinski definition) is 2. The Bertz CT molecular complexity index is 568. The zero-order valence-electron chi connectivity index (χ0n) is 10.2. The fourth-order valence-corrected chi connectivity index (χ4v) is 2.29. The van der Waals surface area contributed by atoms with Crippen LogP contribution in [0, 0.1) is 10.1 Å². The van der Waals surface area contributed by atoms with E-state index >= 15 is 0 Å². The first kappa shape index (κ1) is 13.0. The zero-order valence-corrected chi connectivity index (χ0v) is 10.2. The number of nitrogens with zero attached hydrogens (tertiary/aromatic N) is 1. The van der Waals surface area contributed by atoms with E-state index in [0.29, 0.717) is 24.2 Å². The lowest BCUT2D eigenvalue weighted by Gasteiger charge is -2.11. The molecule has 0 bridgehead atoms. The van der Waals surface area contributed by atoms with E-state index in [1.165, 1.54) is 0 Å². The lowest BCUT2D eigenvalue weighted by molar-refractivity contribution is -0.384. The summed E-state index contributed by atoms with van der Waals surface area (Å²) in [5.41, 5.74) is 1.07. The van der Waals surface area contributed by atoms with Crippen LogP contribution in [0.4, 0.5) is 11.4 Å². The van der Waals surface area contributed by atoms with Crippen LogP contribution in [0.3, 0.4) is 0 Å². The first-order chi connectivity index (χ1) is 8.91. The van der Waals surface area contributed by atoms with E-state index in [1.807, 2.05) is 0 Å². The van der Waals surface area contributed by atoms with Crippen LogP contribution >= 0.6 is 0 Å². The second kappa shape index (κ2) is 4.68. The molecular formula is C12H12N2O5. The Hall–Kier alpha value is -2.44. The van der Waals surface area contributed by atoms with Gasteiger partial charge in [-0.1, -0.05) is 6.07 Å². The molecule has 0 aromatic heterocycles. The molecule has 2 rings (SSSR count). The molecule has 1 heterocycles. The van der Waals surface area contributed by atoms with Crippen molar-refractivity contribution < 1.29 is 19.6 Å². The third-order valence-corrected chi connectivity index (χ3v) is 3.10. The summed E-state index contributed by atoms with van der Waals surface area (Å²) in [6.45, 7) is 1.73. The van der Waals surface area contributed by atoms with Gasteiger partial charge in [0, 0.05) is 12.6 Å². The standard InChI is InChI=1S/C12H12N2O5/c1-6(15)10(12(16)17)8-4-7-2-3-13-11(7)9(5-8)14(18)19/h4-5,10,13H,2-3H2,1H3,(H,16,17). The molecule has 100 valence electrons. The number of hydrogen-bond acceptors (Lipinski definition) is 5. The molecule has 1 aromatic carbocycles. The number of nitro benzene ring substituents is 1. The average molecular weight is 264 g/mol. The summed E-state index contributed by atoms with van der Waals surface area (Å²) in [4.78, 5) is 33.0. The molecule has 19 heavy (non-hydrogen) atoms. The van der Waals surface area contributed by atoms with Gasteiger partial charge in [0.25, 0.3) is 5.69 Å². The van der Waals surface area contributed by atoms with Gasteiger partial charge < -0.3 is 10.4 Å². The Labute approximate surface area is 108 Å². The Morgan fingerprint density at radius 2 is 2.16 bits per heavy atom. The Balaban J connectivity index is 2.59. The van der Waals surface area contributed by atoms with Crippen LogP contribution in [0.2, 0.25) is 0 Å². The van der Waals surface area contributed by atoms with Gasteiger partial charge in [0.2, 0.25) is 0 Å². The van der Waals surface area contributed by atoms with Crippen molar-refractivity contribution >= 4 is 23.1 Å². The molecule has 1 aliphatic heterocycles. The number of Topliss-reactive ketones (excluding diaryl/α,β-unsaturated/α-hetero) is 1. The number of nitrogens with one attached hydrogen (secondary N) is 1. The summed E-state index contributed by atoms with van der Waals surface area (Å²) in [6, 6.07) is 2.72. The van der Waals surface area contributed by atoms with E-state index in [2.05, 4.69) is 5.32 Å². The predicted molar refractivity (Wildman–Crippen MR) is 66.3 cm³/mol. The Morgan fingerprint density at radius 1 is 1.47 bits per heavy atom. The molecule has 1 aliphatic rings. The molecule has 1 aromatic rings. The van der Waals surface area contributed by atoms with Gasteiger partial charge in [0.1, 0.15) is 17.4 Å². The highest BCUT2D eigenvalue weighted by atomic mass is 16.6. The Morgan fingerprint density at radius 3 is 2.68 bits per heavy atom. The minimum absolute atomic E-state index is 0.161. The molecular weight excluding hydrogens is 252 g/mol. The number of rotatable bonds is 4. The third kappa shape index (κ3) is 2.26. The molecule has 7 heteroatoms. The molecule has 0 amide bonds. The maximum absolute atomic E-state index is 11.4. The van der Waals surface area contributed by atoms with Crippen molar-refractivity contribution in [3.63, 3.8) is 0 Å². The smallest absolute Gasteiger partial charge is 0.318 e. The van der Waals surface area contributed by atoms with E-state index in [-0.39, 0.29) is 11.3 Å². The molecule has 2 N–H and O–H groups in total. The van der Waals surface area contributed by atoms with Crippen LogP contribution in [0.15, 0.2) is 12.1 Å². The van der Waals surface area contributed by atoms with Gasteiger partial charge in [-0.3, -0.25) is 19.7 Å². The van der Waals surface area contributed by atoms with Crippen molar-refractivity contribution in [3.8, 4) is 0 Å². The van der Waals surface area contributed by atoms with E-state index in [9.17, 15) is 19.7 Å². The predicted octanol–water partition coefficient (Wildman–Crippen LogP) is 1.32. The summed E-state index contributed by atoms with van der Waals surface area (Å²) in [7, 11) is 0. The normalized spacial score (nSPS) is 14.4. The van der Waals surface area contributed by atoms with Crippen LogP contribution in [0.5, 0.6) is 0 Å². The Kier molecular flexibility index (Phi) is 3.20. The molecule has 0 aliphatic carbocycles. The van der Waals surface area contributed by atoms with E-state index in [4.69, 9.17) is 5.11 Å². The van der Waals surface area contributed by atoms with Crippen molar-refractivity contribution in [1.82, 2.24) is 0 Å². The second-order valence-electron chi connectivity index (χ2n) is 4.39. The van der Waals surface area contributed by atoms with Crippen molar-refractivity contribution in [2.75, 3.05) is 11.9 Å². The number of benzene rings is 1. The van der Waals surface area contributed by atoms with Crippen LogP contribution in [-0.2, 0) is 16.0 Å². The third-order valence-electron chi connectivity index (χ3n) is 3.10. The monoisotopic (exact) mass is 264 g/mol. The number of carbonyl (C=O) groups excluding carboxylic acids is 1. The highest BCUT2D eigenvalue weighted by molar-refractivity contribution is 6.03. The van der Waals surface area contributed by atoms with Gasteiger partial charge in [-0.25, -0.2) is 0 Å². The largest absolute Gasteiger partial charge is 0.480 e. The molecule has 7 nitrogen and oxygen atoms in total. The van der Waals surface area contributed by atoms with E-state index < -0.39 is 22.6 Å². The minimum atomic E-state index is -1.36. The molecule has 0 spiro atoms. The van der Waals surface area contributed by atoms with Crippen LogP contribution in [0.1, 0.15) is 24.0 Å². The van der Waals surface area contributed by atoms with Crippen molar-refractivity contribution in [2.24, 2.45) is 0 Å². The van der Waals surface area contributed by atoms with Crippen LogP contribution < -0.4 is 5.32 Å². The van der Waals surface area contributed by atoms with Gasteiger partial charge in [-0.15, -0.1) is 0 Å². The number of carboxylic acids is 1. The fraction of sp³-hybridized carbons (Fsp3) is 0.333. The maximum atomic E-state index is 11.4. The number of anilines is 1. The van der Waals surface area contributed by atoms with Gasteiger partial charge in [0.15, 0.2) is 0 Å². The summed E-state index contributed by atoms with van der Waals surface area (Å²) >= 11 is 0. The molecule has 0 saturated carbocycles. The molecule has 0 fully saturated rings. The van der Waals surface area contributed by atoms with Gasteiger partial charge >= 0.3 is 5.97 Å². The molecule has 1 unspecified atom stereocenters. The van der Waals surface area contributed by atoms with Crippen molar-refractivity contribution in [2.45, 2.75) is 19.3 Å². The summed E-state index contributed by atoms with van der Waals surface area (Å²) in [5, 5.41) is 23.0. The number of ketones is 1. The van der Waals surface area contributed by atoms with E-state index in [0.717, 1.165) is 13.0 Å². The van der Waals surface area contributed by atoms with Gasteiger partial charge in [-0.2, -0.15) is 0 Å². The van der Waals surface area contributed by atoms with Gasteiger partial charge in [-0.05, 0) is 24.5 Å². The first-order valence-corrected chi connectivity index (χ1v) is 5.70. The van der Waals surface area contributed by atoms with Crippen LogP contribution in [-0.4, -0.2) is 28.3 Å². The zero-order chi connectivity index (χ0) is 14.2. The molecule has 1 atom stereocenters. The number of fused-ring (bicyclic) bond motifs is 1. The summed E-state index contributed by atoms with van der Waals surface area (Å²) in [6.07, 6.45) is 0.578. The number of carbonyl (C=O) groups is 2. The maximum Gasteiger partial charge on any atom is 0.318 e. The lowest BCUT2D eigenvalue weighted by atomic mass is 9.92. The lowest BCUT2D eigenvalue weighted by Crippen LogP contribution is -2.19. The quantitative estimate of drug-likeness (QED) is 0.482. The number of nitro groups is 1. The highest BCUT2D eigenvalue weighted by Crippen LogP contribution is 2.36. The van der Waals surface area contributed by atoms with Crippen molar-refractivity contribution in [1.29, 1.82) is 0 Å². The second-order valence-corrected chi connectivity index (χ2v) is 4.39. The topological polar surface area (TPSA) is 110 Å². The fourth-order valence-electron chi connectivity index (χ4n) is 2.29. The molecule has 0 saturated heterocycles.